The summed E-state index contributed by atoms with van der Waals surface area (Å²) in [5, 5.41) is 0. The summed E-state index contributed by atoms with van der Waals surface area (Å²) in [6.45, 7) is 25.2. The van der Waals surface area contributed by atoms with Gasteiger partial charge in [0.05, 0.1) is 0 Å². The molecule has 4 aromatic carbocycles. The smallest absolute Gasteiger partial charge is 0.340 e. The van der Waals surface area contributed by atoms with Crippen molar-refractivity contribution < 1.29 is 48.9 Å². The molecule has 0 aliphatic carbocycles. The Morgan fingerprint density at radius 3 is 1.12 bits per heavy atom. The Hall–Kier alpha value is -3.49. The fraction of sp³-hybridized carbons (Fsp3) is 0.520. The summed E-state index contributed by atoms with van der Waals surface area (Å²) in [6, 6.07) is 29.6. The Morgan fingerprint density at radius 1 is 0.593 bits per heavy atom. The van der Waals surface area contributed by atoms with E-state index in [0.29, 0.717) is 48.9 Å². The van der Waals surface area contributed by atoms with E-state index in [1.165, 1.54) is 24.3 Å². The van der Waals surface area contributed by atoms with Crippen molar-refractivity contribution in [3.05, 3.63) is 131 Å². The topological polar surface area (TPSA) is 40.6 Å². The van der Waals surface area contributed by atoms with Crippen LogP contribution in [-0.2, 0) is 44.1 Å². The summed E-state index contributed by atoms with van der Waals surface area (Å²) in [5.74, 6) is -1.64. The standard InChI is InChI=1S/2C20H30F2NO.2C5H5.Ti/c2*1-7-20(5,6)19(24)23(15(4)12-14(2)3)11-10-16-8-9-17(21)13-18(16)22;2*1-2-4-5-3-1;/h2*8-9,14-15H,7,10-12H2,1-6H3;2*1-5H;/q4*-1;+4. The summed E-state index contributed by atoms with van der Waals surface area (Å²) in [7, 11) is 0. The summed E-state index contributed by atoms with van der Waals surface area (Å²) in [5.41, 5.74) is -0.113. The van der Waals surface area contributed by atoms with E-state index in [4.69, 9.17) is 0 Å². The Balaban J connectivity index is 0.000000903. The van der Waals surface area contributed by atoms with E-state index in [1.807, 2.05) is 126 Å². The molecule has 324 valence electrons. The van der Waals surface area contributed by atoms with Crippen molar-refractivity contribution >= 4 is 11.8 Å². The third-order valence-electron chi connectivity index (χ3n) is 10.4. The van der Waals surface area contributed by atoms with Crippen molar-refractivity contribution in [2.45, 2.75) is 134 Å². The predicted octanol–water partition coefficient (Wildman–Crippen LogP) is 12.8. The van der Waals surface area contributed by atoms with Crippen LogP contribution in [0.4, 0.5) is 17.6 Å². The van der Waals surface area contributed by atoms with Crippen LogP contribution < -0.4 is 0 Å². The minimum atomic E-state index is -0.704. The van der Waals surface area contributed by atoms with Crippen LogP contribution >= 0.6 is 0 Å². The monoisotopic (exact) mass is 854 g/mol. The van der Waals surface area contributed by atoms with Crippen LogP contribution in [0.1, 0.15) is 120 Å². The van der Waals surface area contributed by atoms with Crippen molar-refractivity contribution in [1.82, 2.24) is 9.80 Å². The van der Waals surface area contributed by atoms with Gasteiger partial charge in [-0.1, -0.05) is 82.1 Å². The van der Waals surface area contributed by atoms with Crippen molar-refractivity contribution in [2.75, 3.05) is 13.1 Å². The molecule has 0 heterocycles. The first-order valence-corrected chi connectivity index (χ1v) is 20.8. The van der Waals surface area contributed by atoms with E-state index in [2.05, 4.69) is 39.8 Å². The molecule has 0 N–H and O–H groups in total. The molecule has 0 bridgehead atoms. The Morgan fingerprint density at radius 2 is 0.898 bits per heavy atom. The number of hydrogen-bond acceptors (Lipinski definition) is 2. The number of hydrogen-bond donors (Lipinski definition) is 0. The van der Waals surface area contributed by atoms with Gasteiger partial charge in [-0.3, -0.25) is 9.59 Å². The minimum absolute atomic E-state index is 0. The van der Waals surface area contributed by atoms with E-state index in [9.17, 15) is 27.2 Å². The maximum Gasteiger partial charge on any atom is 4.00 e. The van der Waals surface area contributed by atoms with Gasteiger partial charge in [0.2, 0.25) is 11.8 Å². The molecule has 4 rings (SSSR count). The zero-order chi connectivity index (χ0) is 44.1. The van der Waals surface area contributed by atoms with Gasteiger partial charge < -0.3 is 9.80 Å². The molecule has 2 unspecified atom stereocenters. The molecule has 0 saturated heterocycles. The van der Waals surface area contributed by atoms with Gasteiger partial charge in [-0.2, -0.15) is 48.5 Å². The first-order valence-electron chi connectivity index (χ1n) is 20.8. The van der Waals surface area contributed by atoms with Gasteiger partial charge in [0, 0.05) is 59.3 Å². The first kappa shape index (κ1) is 55.5. The van der Waals surface area contributed by atoms with Crippen molar-refractivity contribution in [3.63, 3.8) is 0 Å². The number of carbonyl (C=O) groups is 2. The molecule has 4 nitrogen and oxygen atoms in total. The number of amides is 2. The molecule has 4 aromatic rings. The summed E-state index contributed by atoms with van der Waals surface area (Å²) < 4.78 is 53.6. The van der Waals surface area contributed by atoms with Gasteiger partial charge in [-0.05, 0) is 51.4 Å². The van der Waals surface area contributed by atoms with Crippen LogP contribution in [0.15, 0.2) is 84.9 Å². The van der Waals surface area contributed by atoms with Crippen molar-refractivity contribution in [3.8, 4) is 0 Å². The van der Waals surface area contributed by atoms with Crippen LogP contribution in [0.2, 0.25) is 0 Å². The number of benzene rings is 2. The summed E-state index contributed by atoms with van der Waals surface area (Å²) in [4.78, 5) is 29.6. The largest absolute Gasteiger partial charge is 4.00 e. The van der Waals surface area contributed by atoms with Crippen LogP contribution in [0, 0.1) is 58.1 Å². The van der Waals surface area contributed by atoms with E-state index in [-0.39, 0.29) is 45.6 Å². The minimum Gasteiger partial charge on any atom is -0.340 e. The Bertz CT molecular complexity index is 1540. The molecule has 0 aliphatic rings. The molecule has 2 atom stereocenters. The van der Waals surface area contributed by atoms with E-state index in [1.54, 1.807) is 0 Å². The molecule has 0 fully saturated rings. The van der Waals surface area contributed by atoms with Crippen LogP contribution in [0.5, 0.6) is 0 Å². The molecular weight excluding hydrogens is 784 g/mol. The molecular formula is C50H70F4N2O2Ti. The average Bonchev–Trinajstić information content (AvgIpc) is 3.94. The van der Waals surface area contributed by atoms with Gasteiger partial charge in [-0.25, -0.2) is 41.8 Å². The molecule has 0 spiro atoms. The predicted molar refractivity (Wildman–Crippen MR) is 231 cm³/mol. The van der Waals surface area contributed by atoms with Crippen molar-refractivity contribution in [1.29, 1.82) is 0 Å². The summed E-state index contributed by atoms with van der Waals surface area (Å²) >= 11 is 0. The van der Waals surface area contributed by atoms with Crippen LogP contribution in [0.3, 0.4) is 0 Å². The van der Waals surface area contributed by atoms with Crippen LogP contribution in [0.25, 0.3) is 0 Å². The molecule has 0 aromatic heterocycles. The molecule has 59 heavy (non-hydrogen) atoms. The van der Waals surface area contributed by atoms with E-state index >= 15 is 0 Å². The van der Waals surface area contributed by atoms with E-state index in [0.717, 1.165) is 25.7 Å². The van der Waals surface area contributed by atoms with Gasteiger partial charge >= 0.3 is 21.7 Å². The molecule has 0 saturated carbocycles. The van der Waals surface area contributed by atoms with Gasteiger partial charge in [0.1, 0.15) is 0 Å². The maximum atomic E-state index is 13.8. The third-order valence-corrected chi connectivity index (χ3v) is 10.4. The Kier molecular flexibility index (Phi) is 26.5. The zero-order valence-electron chi connectivity index (χ0n) is 37.8. The Labute approximate surface area is 369 Å². The van der Waals surface area contributed by atoms with Crippen LogP contribution in [-0.4, -0.2) is 46.8 Å². The second-order valence-electron chi connectivity index (χ2n) is 17.1. The first-order chi connectivity index (χ1) is 27.2. The SMILES string of the molecule is CCC(C)(C)C(=O)N(CCc1ccc(F)[c-]c1F)C(C)CC(C)C.CCC(C)(C)C(=O)N(CCc1ccc(F)[c-]c1F)C(C)CC(C)C.[Ti+4].c1cc[cH-]c1.c1cc[cH-]c1. The second kappa shape index (κ2) is 28.1. The fourth-order valence-corrected chi connectivity index (χ4v) is 6.20. The molecule has 0 radical (unpaired) electrons. The number of carbonyl (C=O) groups excluding carboxylic acids is 2. The fourth-order valence-electron chi connectivity index (χ4n) is 6.20. The summed E-state index contributed by atoms with van der Waals surface area (Å²) in [6.07, 6.45) is 3.99. The third kappa shape index (κ3) is 21.0. The van der Waals surface area contributed by atoms with Crippen molar-refractivity contribution in [2.24, 2.45) is 22.7 Å². The van der Waals surface area contributed by atoms with Gasteiger partial charge in [0.15, 0.2) is 0 Å². The number of rotatable bonds is 16. The maximum absolute atomic E-state index is 13.8. The van der Waals surface area contributed by atoms with Gasteiger partial charge in [0.25, 0.3) is 0 Å². The zero-order valence-corrected chi connectivity index (χ0v) is 39.3. The number of nitrogens with zero attached hydrogens (tertiary/aromatic N) is 2. The quantitative estimate of drug-likeness (QED) is 0.0640. The van der Waals surface area contributed by atoms with Gasteiger partial charge in [-0.15, -0.1) is 35.4 Å². The second-order valence-corrected chi connectivity index (χ2v) is 17.1. The normalized spacial score (nSPS) is 12.1. The molecule has 9 heteroatoms. The molecule has 0 aliphatic heterocycles. The number of halogens is 4. The van der Waals surface area contributed by atoms with E-state index < -0.39 is 34.1 Å². The molecule has 2 amide bonds. The average molecular weight is 855 g/mol.